The Labute approximate surface area is 83.5 Å². The predicted octanol–water partition coefficient (Wildman–Crippen LogP) is 0.986. The molecule has 4 N–H and O–H groups in total. The first kappa shape index (κ1) is 15.3. The maximum absolute atomic E-state index is 9.83. The van der Waals surface area contributed by atoms with Crippen LogP contribution in [0.5, 0.6) is 0 Å². The standard InChI is InChI=1S/C5H8O6.CH2O3/c1-3(11-5(8)9)2-10-4(6)7;2-1(3)4/h3H,2H2,1H3,(H,6,7)(H,8,9);(H2,2,3,4). The summed E-state index contributed by atoms with van der Waals surface area (Å²) in [5.74, 6) is 0. The first-order valence-electron chi connectivity index (χ1n) is 3.43. The summed E-state index contributed by atoms with van der Waals surface area (Å²) in [6, 6.07) is 0. The average molecular weight is 226 g/mol. The minimum absolute atomic E-state index is 0.290. The van der Waals surface area contributed by atoms with Crippen LogP contribution in [-0.2, 0) is 9.47 Å². The van der Waals surface area contributed by atoms with E-state index in [0.717, 1.165) is 0 Å². The van der Waals surface area contributed by atoms with Crippen molar-refractivity contribution in [1.82, 2.24) is 0 Å². The third-order valence-corrected chi connectivity index (χ3v) is 0.744. The molecule has 0 aliphatic rings. The average Bonchev–Trinajstić information content (AvgIpc) is 1.98. The van der Waals surface area contributed by atoms with E-state index in [2.05, 4.69) is 9.47 Å². The molecule has 0 aromatic carbocycles. The molecule has 0 radical (unpaired) electrons. The van der Waals surface area contributed by atoms with Crippen LogP contribution in [0.15, 0.2) is 0 Å². The van der Waals surface area contributed by atoms with Crippen molar-refractivity contribution >= 4 is 18.5 Å². The van der Waals surface area contributed by atoms with Gasteiger partial charge in [0.1, 0.15) is 12.7 Å². The molecule has 9 nitrogen and oxygen atoms in total. The Morgan fingerprint density at radius 3 is 1.73 bits per heavy atom. The topological polar surface area (TPSA) is 151 Å². The lowest BCUT2D eigenvalue weighted by molar-refractivity contribution is 0.0122. The molecular weight excluding hydrogens is 216 g/mol. The fourth-order valence-electron chi connectivity index (χ4n) is 0.395. The maximum Gasteiger partial charge on any atom is 0.506 e. The molecule has 1 atom stereocenters. The fourth-order valence-corrected chi connectivity index (χ4v) is 0.395. The van der Waals surface area contributed by atoms with E-state index in [1.54, 1.807) is 0 Å². The van der Waals surface area contributed by atoms with Crippen molar-refractivity contribution in [2.75, 3.05) is 6.61 Å². The Morgan fingerprint density at radius 1 is 1.07 bits per heavy atom. The molecule has 0 fully saturated rings. The lowest BCUT2D eigenvalue weighted by atomic mass is 10.4. The number of rotatable bonds is 3. The van der Waals surface area contributed by atoms with Gasteiger partial charge in [-0.25, -0.2) is 14.4 Å². The maximum atomic E-state index is 9.83. The van der Waals surface area contributed by atoms with Crippen molar-refractivity contribution < 1.29 is 44.3 Å². The molecule has 0 aliphatic carbocycles. The van der Waals surface area contributed by atoms with E-state index in [1.165, 1.54) is 6.92 Å². The SMILES string of the molecule is CC(COC(=O)O)OC(=O)O.O=C(O)O. The zero-order chi connectivity index (χ0) is 12.4. The molecule has 0 aliphatic heterocycles. The van der Waals surface area contributed by atoms with Crippen LogP contribution in [0.4, 0.5) is 14.4 Å². The fraction of sp³-hybridized carbons (Fsp3) is 0.500. The summed E-state index contributed by atoms with van der Waals surface area (Å²) in [6.07, 6.45) is -5.51. The van der Waals surface area contributed by atoms with E-state index in [-0.39, 0.29) is 6.61 Å². The Hall–Kier alpha value is -2.19. The van der Waals surface area contributed by atoms with Crippen molar-refractivity contribution in [2.45, 2.75) is 13.0 Å². The van der Waals surface area contributed by atoms with E-state index in [4.69, 9.17) is 25.2 Å². The highest BCUT2D eigenvalue weighted by Crippen LogP contribution is 1.92. The predicted molar refractivity (Wildman–Crippen MR) is 43.2 cm³/mol. The van der Waals surface area contributed by atoms with Crippen LogP contribution in [-0.4, -0.2) is 51.6 Å². The molecule has 0 bridgehead atoms. The molecule has 1 unspecified atom stereocenters. The van der Waals surface area contributed by atoms with Crippen LogP contribution >= 0.6 is 0 Å². The number of ether oxygens (including phenoxy) is 2. The first-order chi connectivity index (χ1) is 6.75. The summed E-state index contributed by atoms with van der Waals surface area (Å²) < 4.78 is 8.16. The lowest BCUT2D eigenvalue weighted by Gasteiger charge is -2.08. The van der Waals surface area contributed by atoms with Gasteiger partial charge in [-0.15, -0.1) is 0 Å². The summed E-state index contributed by atoms with van der Waals surface area (Å²) >= 11 is 0. The molecule has 0 spiro atoms. The quantitative estimate of drug-likeness (QED) is 0.516. The number of carboxylic acid groups (broad SMARTS) is 4. The van der Waals surface area contributed by atoms with Gasteiger partial charge in [-0.1, -0.05) is 0 Å². The Balaban J connectivity index is 0. The molecule has 0 rings (SSSR count). The Kier molecular flexibility index (Phi) is 8.57. The number of hydrogen-bond acceptors (Lipinski definition) is 5. The third kappa shape index (κ3) is 24.5. The Bertz CT molecular complexity index is 219. The van der Waals surface area contributed by atoms with E-state index in [0.29, 0.717) is 0 Å². The van der Waals surface area contributed by atoms with E-state index in [9.17, 15) is 9.59 Å². The summed E-state index contributed by atoms with van der Waals surface area (Å²) in [5, 5.41) is 29.9. The number of hydrogen-bond donors (Lipinski definition) is 4. The molecule has 88 valence electrons. The van der Waals surface area contributed by atoms with Gasteiger partial charge in [-0.3, -0.25) is 0 Å². The van der Waals surface area contributed by atoms with Gasteiger partial charge < -0.3 is 29.9 Å². The van der Waals surface area contributed by atoms with Crippen molar-refractivity contribution in [3.05, 3.63) is 0 Å². The third-order valence-electron chi connectivity index (χ3n) is 0.744. The second-order valence-corrected chi connectivity index (χ2v) is 2.05. The zero-order valence-electron chi connectivity index (χ0n) is 7.61. The second kappa shape index (κ2) is 8.41. The van der Waals surface area contributed by atoms with Crippen LogP contribution in [0.1, 0.15) is 6.92 Å². The van der Waals surface area contributed by atoms with Crippen LogP contribution in [0.25, 0.3) is 0 Å². The van der Waals surface area contributed by atoms with Crippen molar-refractivity contribution in [3.63, 3.8) is 0 Å². The van der Waals surface area contributed by atoms with Gasteiger partial charge >= 0.3 is 18.5 Å². The van der Waals surface area contributed by atoms with Crippen molar-refractivity contribution in [3.8, 4) is 0 Å². The van der Waals surface area contributed by atoms with E-state index >= 15 is 0 Å². The molecule has 0 saturated carbocycles. The van der Waals surface area contributed by atoms with Gasteiger partial charge in [0.15, 0.2) is 0 Å². The van der Waals surface area contributed by atoms with E-state index < -0.39 is 24.6 Å². The molecule has 0 heterocycles. The molecular formula is C6H10O9. The normalized spacial score (nSPS) is 10.2. The molecule has 0 saturated heterocycles. The largest absolute Gasteiger partial charge is 0.506 e. The summed E-state index contributed by atoms with van der Waals surface area (Å²) in [4.78, 5) is 28.1. The van der Waals surface area contributed by atoms with Crippen molar-refractivity contribution in [1.29, 1.82) is 0 Å². The minimum Gasteiger partial charge on any atom is -0.450 e. The van der Waals surface area contributed by atoms with E-state index in [1.807, 2.05) is 0 Å². The van der Waals surface area contributed by atoms with Gasteiger partial charge in [-0.2, -0.15) is 0 Å². The summed E-state index contributed by atoms with van der Waals surface area (Å²) in [5.41, 5.74) is 0. The first-order valence-corrected chi connectivity index (χ1v) is 3.43. The Morgan fingerprint density at radius 2 is 1.47 bits per heavy atom. The second-order valence-electron chi connectivity index (χ2n) is 2.05. The highest BCUT2D eigenvalue weighted by molar-refractivity contribution is 5.58. The van der Waals surface area contributed by atoms with Crippen LogP contribution in [0.3, 0.4) is 0 Å². The summed E-state index contributed by atoms with van der Waals surface area (Å²) in [6.45, 7) is 1.10. The van der Waals surface area contributed by atoms with Gasteiger partial charge in [0, 0.05) is 0 Å². The van der Waals surface area contributed by atoms with Gasteiger partial charge in [0.2, 0.25) is 0 Å². The van der Waals surface area contributed by atoms with Gasteiger partial charge in [0.25, 0.3) is 0 Å². The van der Waals surface area contributed by atoms with Crippen LogP contribution in [0.2, 0.25) is 0 Å². The highest BCUT2D eigenvalue weighted by atomic mass is 16.7. The van der Waals surface area contributed by atoms with Gasteiger partial charge in [-0.05, 0) is 6.92 Å². The molecule has 0 amide bonds. The smallest absolute Gasteiger partial charge is 0.450 e. The highest BCUT2D eigenvalue weighted by Gasteiger charge is 2.09. The summed E-state index contributed by atoms with van der Waals surface area (Å²) in [7, 11) is 0. The number of carbonyl (C=O) groups is 3. The van der Waals surface area contributed by atoms with Crippen LogP contribution in [0, 0.1) is 0 Å². The lowest BCUT2D eigenvalue weighted by Crippen LogP contribution is -2.20. The molecule has 0 aromatic rings. The zero-order valence-corrected chi connectivity index (χ0v) is 7.61. The minimum atomic E-state index is -1.83. The molecule has 0 aromatic heterocycles. The molecule has 9 heteroatoms. The monoisotopic (exact) mass is 226 g/mol. The molecule has 15 heavy (non-hydrogen) atoms. The van der Waals surface area contributed by atoms with Gasteiger partial charge in [0.05, 0.1) is 0 Å². The van der Waals surface area contributed by atoms with Crippen LogP contribution < -0.4 is 0 Å². The van der Waals surface area contributed by atoms with Crippen molar-refractivity contribution in [2.24, 2.45) is 0 Å².